The topological polar surface area (TPSA) is 68.3 Å². The monoisotopic (exact) mass is 318 g/mol. The second-order valence-corrected chi connectivity index (χ2v) is 6.02. The molecule has 5 nitrogen and oxygen atoms in total. The van der Waals surface area contributed by atoms with Crippen LogP contribution in [0, 0.1) is 6.92 Å². The molecule has 1 amide bonds. The molecule has 0 aliphatic carbocycles. The summed E-state index contributed by atoms with van der Waals surface area (Å²) in [5.41, 5.74) is 4.06. The molecule has 0 aliphatic rings. The number of hydrogen-bond donors (Lipinski definition) is 1. The first-order valence-electron chi connectivity index (χ1n) is 6.94. The van der Waals surface area contributed by atoms with Gasteiger partial charge in [-0.25, -0.2) is 9.78 Å². The first-order chi connectivity index (χ1) is 10.5. The number of hydrogen-bond acceptors (Lipinski definition) is 5. The SMILES string of the molecule is Cc1ncsc1C(=O)OCC(=O)Nc1ccc(C(C)C)cc1. The number of thiazole rings is 1. The van der Waals surface area contributed by atoms with Crippen LogP contribution < -0.4 is 5.32 Å². The summed E-state index contributed by atoms with van der Waals surface area (Å²) < 4.78 is 4.98. The molecule has 1 aromatic heterocycles. The standard InChI is InChI=1S/C16H18N2O3S/c1-10(2)12-4-6-13(7-5-12)18-14(19)8-21-16(20)15-11(3)17-9-22-15/h4-7,9-10H,8H2,1-3H3,(H,18,19). The third-order valence-electron chi connectivity index (χ3n) is 3.13. The average Bonchev–Trinajstić information content (AvgIpc) is 2.91. The molecule has 1 aromatic carbocycles. The number of nitrogens with zero attached hydrogens (tertiary/aromatic N) is 1. The quantitative estimate of drug-likeness (QED) is 0.858. The minimum atomic E-state index is -0.523. The van der Waals surface area contributed by atoms with Crippen LogP contribution in [0.1, 0.15) is 40.7 Å². The third-order valence-corrected chi connectivity index (χ3v) is 4.03. The number of nitrogens with one attached hydrogen (secondary N) is 1. The molecular formula is C16H18N2O3S. The third kappa shape index (κ3) is 4.14. The molecule has 116 valence electrons. The largest absolute Gasteiger partial charge is 0.451 e. The molecule has 0 spiro atoms. The molecule has 0 saturated heterocycles. The van der Waals surface area contributed by atoms with Crippen LogP contribution in [-0.4, -0.2) is 23.5 Å². The van der Waals surface area contributed by atoms with Crippen LogP contribution >= 0.6 is 11.3 Å². The van der Waals surface area contributed by atoms with E-state index in [1.165, 1.54) is 16.9 Å². The van der Waals surface area contributed by atoms with Crippen LogP contribution in [0.15, 0.2) is 29.8 Å². The van der Waals surface area contributed by atoms with E-state index in [1.54, 1.807) is 12.4 Å². The number of carbonyl (C=O) groups excluding carboxylic acids is 2. The summed E-state index contributed by atoms with van der Waals surface area (Å²) in [6.07, 6.45) is 0. The van der Waals surface area contributed by atoms with Gasteiger partial charge in [0.1, 0.15) is 4.88 Å². The Morgan fingerprint density at radius 2 is 1.95 bits per heavy atom. The van der Waals surface area contributed by atoms with E-state index in [0.717, 1.165) is 0 Å². The highest BCUT2D eigenvalue weighted by Gasteiger charge is 2.15. The van der Waals surface area contributed by atoms with Crippen LogP contribution in [0.5, 0.6) is 0 Å². The minimum absolute atomic E-state index is 0.317. The van der Waals surface area contributed by atoms with Gasteiger partial charge in [0, 0.05) is 5.69 Å². The van der Waals surface area contributed by atoms with Gasteiger partial charge in [0.2, 0.25) is 0 Å². The van der Waals surface area contributed by atoms with E-state index in [0.29, 0.717) is 22.2 Å². The van der Waals surface area contributed by atoms with E-state index in [9.17, 15) is 9.59 Å². The van der Waals surface area contributed by atoms with E-state index in [1.807, 2.05) is 24.3 Å². The van der Waals surface area contributed by atoms with Crippen LogP contribution in [0.2, 0.25) is 0 Å². The Kier molecular flexibility index (Phi) is 5.27. The molecule has 2 rings (SSSR count). The second kappa shape index (κ2) is 7.17. The van der Waals surface area contributed by atoms with Crippen molar-refractivity contribution in [3.63, 3.8) is 0 Å². The van der Waals surface area contributed by atoms with Crippen molar-refractivity contribution < 1.29 is 14.3 Å². The van der Waals surface area contributed by atoms with Crippen LogP contribution in [0.4, 0.5) is 5.69 Å². The molecule has 1 N–H and O–H groups in total. The van der Waals surface area contributed by atoms with Crippen molar-refractivity contribution in [1.82, 2.24) is 4.98 Å². The number of ether oxygens (including phenoxy) is 1. The van der Waals surface area contributed by atoms with Gasteiger partial charge in [-0.05, 0) is 30.5 Å². The fourth-order valence-corrected chi connectivity index (χ4v) is 2.54. The summed E-state index contributed by atoms with van der Waals surface area (Å²) in [5, 5.41) is 2.69. The highest BCUT2D eigenvalue weighted by molar-refractivity contribution is 7.11. The lowest BCUT2D eigenvalue weighted by Crippen LogP contribution is -2.20. The predicted octanol–water partition coefficient (Wildman–Crippen LogP) is 3.37. The van der Waals surface area contributed by atoms with Crippen molar-refractivity contribution in [2.24, 2.45) is 0 Å². The summed E-state index contributed by atoms with van der Waals surface area (Å²) in [4.78, 5) is 28.0. The van der Waals surface area contributed by atoms with Gasteiger partial charge >= 0.3 is 5.97 Å². The summed E-state index contributed by atoms with van der Waals surface area (Å²) in [6, 6.07) is 7.60. The molecule has 0 fully saturated rings. The van der Waals surface area contributed by atoms with Crippen molar-refractivity contribution in [3.8, 4) is 0 Å². The zero-order valence-corrected chi connectivity index (χ0v) is 13.6. The van der Waals surface area contributed by atoms with Gasteiger partial charge in [0.15, 0.2) is 6.61 Å². The maximum atomic E-state index is 11.8. The van der Waals surface area contributed by atoms with Gasteiger partial charge in [0.25, 0.3) is 5.91 Å². The van der Waals surface area contributed by atoms with Gasteiger partial charge in [-0.3, -0.25) is 4.79 Å². The smallest absolute Gasteiger partial charge is 0.350 e. The van der Waals surface area contributed by atoms with E-state index in [-0.39, 0.29) is 12.5 Å². The zero-order valence-electron chi connectivity index (χ0n) is 12.8. The molecule has 0 unspecified atom stereocenters. The summed E-state index contributed by atoms with van der Waals surface area (Å²) in [6.45, 7) is 5.62. The maximum absolute atomic E-state index is 11.8. The Morgan fingerprint density at radius 3 is 2.50 bits per heavy atom. The van der Waals surface area contributed by atoms with Crippen molar-refractivity contribution in [1.29, 1.82) is 0 Å². The summed E-state index contributed by atoms with van der Waals surface area (Å²) in [7, 11) is 0. The number of aromatic nitrogens is 1. The lowest BCUT2D eigenvalue weighted by atomic mass is 10.0. The Labute approximate surface area is 133 Å². The van der Waals surface area contributed by atoms with Gasteiger partial charge in [-0.2, -0.15) is 0 Å². The molecule has 22 heavy (non-hydrogen) atoms. The Hall–Kier alpha value is -2.21. The average molecular weight is 318 g/mol. The lowest BCUT2D eigenvalue weighted by Gasteiger charge is -2.08. The van der Waals surface area contributed by atoms with Gasteiger partial charge < -0.3 is 10.1 Å². The molecule has 1 heterocycles. The van der Waals surface area contributed by atoms with Crippen LogP contribution in [0.25, 0.3) is 0 Å². The van der Waals surface area contributed by atoms with Crippen LogP contribution in [-0.2, 0) is 9.53 Å². The maximum Gasteiger partial charge on any atom is 0.350 e. The fraction of sp³-hybridized carbons (Fsp3) is 0.312. The number of amides is 1. The van der Waals surface area contributed by atoms with Gasteiger partial charge in [-0.15, -0.1) is 11.3 Å². The number of esters is 1. The predicted molar refractivity (Wildman–Crippen MR) is 86.3 cm³/mol. The normalized spacial score (nSPS) is 10.5. The molecule has 6 heteroatoms. The molecule has 0 atom stereocenters. The molecule has 0 saturated carbocycles. The summed E-state index contributed by atoms with van der Waals surface area (Å²) in [5.74, 6) is -0.452. The van der Waals surface area contributed by atoms with E-state index in [2.05, 4.69) is 24.1 Å². The fourth-order valence-electron chi connectivity index (χ4n) is 1.84. The van der Waals surface area contributed by atoms with E-state index >= 15 is 0 Å². The van der Waals surface area contributed by atoms with E-state index < -0.39 is 5.97 Å². The molecular weight excluding hydrogens is 300 g/mol. The highest BCUT2D eigenvalue weighted by atomic mass is 32.1. The zero-order chi connectivity index (χ0) is 16.1. The number of rotatable bonds is 5. The number of anilines is 1. The van der Waals surface area contributed by atoms with Crippen molar-refractivity contribution >= 4 is 28.9 Å². The number of carbonyl (C=O) groups is 2. The summed E-state index contributed by atoms with van der Waals surface area (Å²) >= 11 is 1.20. The van der Waals surface area contributed by atoms with Crippen LogP contribution in [0.3, 0.4) is 0 Å². The molecule has 2 aromatic rings. The first kappa shape index (κ1) is 16.2. The number of benzene rings is 1. The minimum Gasteiger partial charge on any atom is -0.451 e. The van der Waals surface area contributed by atoms with Crippen molar-refractivity contribution in [2.75, 3.05) is 11.9 Å². The molecule has 0 bridgehead atoms. The van der Waals surface area contributed by atoms with Crippen molar-refractivity contribution in [2.45, 2.75) is 26.7 Å². The second-order valence-electron chi connectivity index (χ2n) is 5.17. The highest BCUT2D eigenvalue weighted by Crippen LogP contribution is 2.17. The van der Waals surface area contributed by atoms with Crippen molar-refractivity contribution in [3.05, 3.63) is 45.9 Å². The Balaban J connectivity index is 1.85. The van der Waals surface area contributed by atoms with Gasteiger partial charge in [-0.1, -0.05) is 26.0 Å². The number of aryl methyl sites for hydroxylation is 1. The Bertz CT molecular complexity index is 662. The van der Waals surface area contributed by atoms with E-state index in [4.69, 9.17) is 4.74 Å². The Morgan fingerprint density at radius 1 is 1.27 bits per heavy atom. The van der Waals surface area contributed by atoms with Gasteiger partial charge in [0.05, 0.1) is 11.2 Å². The first-order valence-corrected chi connectivity index (χ1v) is 7.82. The molecule has 0 radical (unpaired) electrons. The molecule has 0 aliphatic heterocycles. The lowest BCUT2D eigenvalue weighted by molar-refractivity contribution is -0.119.